The lowest BCUT2D eigenvalue weighted by atomic mass is 9.90. The molecule has 20 heavy (non-hydrogen) atoms. The molecule has 2 bridgehead atoms. The highest BCUT2D eigenvalue weighted by atomic mass is 32.2. The average molecular weight is 291 g/mol. The van der Waals surface area contributed by atoms with Crippen LogP contribution in [0.2, 0.25) is 0 Å². The molecule has 0 radical (unpaired) electrons. The highest BCUT2D eigenvalue weighted by molar-refractivity contribution is 8.00. The molecule has 3 nitrogen and oxygen atoms in total. The van der Waals surface area contributed by atoms with Gasteiger partial charge in [0.1, 0.15) is 0 Å². The Morgan fingerprint density at radius 1 is 1.30 bits per heavy atom. The summed E-state index contributed by atoms with van der Waals surface area (Å²) < 4.78 is 5.08. The monoisotopic (exact) mass is 291 g/mol. The first-order valence-electron chi connectivity index (χ1n) is 7.22. The van der Waals surface area contributed by atoms with Crippen LogP contribution in [0.5, 0.6) is 0 Å². The number of ether oxygens (including phenoxy) is 1. The normalized spacial score (nSPS) is 33.1. The maximum Gasteiger partial charge on any atom is 0.311 e. The van der Waals surface area contributed by atoms with Gasteiger partial charge in [0.15, 0.2) is 0 Å². The number of carbonyl (C=O) groups excluding carboxylic acids is 1. The Kier molecular flexibility index (Phi) is 4.03. The topological polar surface area (TPSA) is 29.5 Å². The van der Waals surface area contributed by atoms with Gasteiger partial charge in [-0.05, 0) is 38.4 Å². The van der Waals surface area contributed by atoms with Gasteiger partial charge in [0.2, 0.25) is 0 Å². The summed E-state index contributed by atoms with van der Waals surface area (Å²) in [6.45, 7) is 0. The van der Waals surface area contributed by atoms with Crippen molar-refractivity contribution in [2.24, 2.45) is 5.92 Å². The Morgan fingerprint density at radius 2 is 2.05 bits per heavy atom. The molecular formula is C16H21NO2S. The van der Waals surface area contributed by atoms with E-state index in [4.69, 9.17) is 4.74 Å². The van der Waals surface area contributed by atoms with Crippen molar-refractivity contribution in [3.8, 4) is 0 Å². The predicted octanol–water partition coefficient (Wildman–Crippen LogP) is 2.80. The maximum atomic E-state index is 12.2. The fourth-order valence-corrected chi connectivity index (χ4v) is 5.08. The number of carbonyl (C=O) groups is 1. The molecule has 2 saturated heterocycles. The smallest absolute Gasteiger partial charge is 0.311 e. The van der Waals surface area contributed by atoms with Crippen molar-refractivity contribution in [2.45, 2.75) is 41.5 Å². The number of benzene rings is 1. The minimum atomic E-state index is -0.0457. The number of nitrogens with zero attached hydrogens (tertiary/aromatic N) is 1. The molecule has 0 aromatic heterocycles. The molecule has 108 valence electrons. The van der Waals surface area contributed by atoms with Crippen LogP contribution in [0.1, 0.15) is 19.3 Å². The van der Waals surface area contributed by atoms with E-state index >= 15 is 0 Å². The second kappa shape index (κ2) is 5.78. The number of thioether (sulfide) groups is 1. The first-order valence-corrected chi connectivity index (χ1v) is 8.10. The molecule has 0 N–H and O–H groups in total. The maximum absolute atomic E-state index is 12.2. The SMILES string of the molecule is COC(=O)[C@@H]1C2CCC(C[C@@H]1Sc1ccccc1)N2C. The standard InChI is InChI=1S/C16H21NO2S/c1-17-11-8-9-13(17)15(16(18)19-2)14(10-11)20-12-6-4-3-5-7-12/h3-7,11,13-15H,8-10H2,1-2H3/t11?,13?,14-,15+/m0/s1. The first-order chi connectivity index (χ1) is 9.70. The van der Waals surface area contributed by atoms with Crippen molar-refractivity contribution in [2.75, 3.05) is 14.2 Å². The number of esters is 1. The van der Waals surface area contributed by atoms with E-state index in [0.717, 1.165) is 12.8 Å². The average Bonchev–Trinajstić information content (AvgIpc) is 2.72. The van der Waals surface area contributed by atoms with Crippen LogP contribution in [0, 0.1) is 5.92 Å². The molecule has 0 amide bonds. The molecule has 2 fully saturated rings. The highest BCUT2D eigenvalue weighted by Gasteiger charge is 2.49. The summed E-state index contributed by atoms with van der Waals surface area (Å²) in [6, 6.07) is 11.4. The van der Waals surface area contributed by atoms with Gasteiger partial charge in [0.05, 0.1) is 13.0 Å². The van der Waals surface area contributed by atoms with Crippen molar-refractivity contribution >= 4 is 17.7 Å². The quantitative estimate of drug-likeness (QED) is 0.801. The molecular weight excluding hydrogens is 270 g/mol. The van der Waals surface area contributed by atoms with Gasteiger partial charge in [-0.25, -0.2) is 0 Å². The van der Waals surface area contributed by atoms with Crippen LogP contribution in [0.3, 0.4) is 0 Å². The number of piperidine rings is 1. The third-order valence-electron chi connectivity index (χ3n) is 4.72. The van der Waals surface area contributed by atoms with Crippen LogP contribution >= 0.6 is 11.8 Å². The third-order valence-corrected chi connectivity index (χ3v) is 6.05. The minimum Gasteiger partial charge on any atom is -0.469 e. The van der Waals surface area contributed by atoms with Gasteiger partial charge < -0.3 is 4.74 Å². The van der Waals surface area contributed by atoms with Gasteiger partial charge in [-0.1, -0.05) is 18.2 Å². The lowest BCUT2D eigenvalue weighted by Gasteiger charge is -2.41. The van der Waals surface area contributed by atoms with E-state index < -0.39 is 0 Å². The Hall–Kier alpha value is -1.00. The van der Waals surface area contributed by atoms with Crippen molar-refractivity contribution in [1.29, 1.82) is 0 Å². The zero-order valence-corrected chi connectivity index (χ0v) is 12.8. The number of hydrogen-bond acceptors (Lipinski definition) is 4. The predicted molar refractivity (Wildman–Crippen MR) is 80.8 cm³/mol. The molecule has 0 spiro atoms. The van der Waals surface area contributed by atoms with Crippen LogP contribution in [0.4, 0.5) is 0 Å². The Labute approximate surface area is 124 Å². The molecule has 2 aliphatic rings. The number of fused-ring (bicyclic) bond motifs is 2. The Morgan fingerprint density at radius 3 is 2.75 bits per heavy atom. The molecule has 1 aromatic rings. The van der Waals surface area contributed by atoms with E-state index in [1.165, 1.54) is 18.4 Å². The van der Waals surface area contributed by atoms with Gasteiger partial charge in [-0.15, -0.1) is 11.8 Å². The first kappa shape index (κ1) is 14.0. The zero-order valence-electron chi connectivity index (χ0n) is 12.0. The van der Waals surface area contributed by atoms with Gasteiger partial charge in [0.25, 0.3) is 0 Å². The number of methoxy groups -OCH3 is 1. The van der Waals surface area contributed by atoms with Crippen molar-refractivity contribution in [1.82, 2.24) is 4.90 Å². The summed E-state index contributed by atoms with van der Waals surface area (Å²) in [6.07, 6.45) is 3.40. The fraction of sp³-hybridized carbons (Fsp3) is 0.562. The van der Waals surface area contributed by atoms with E-state index in [0.29, 0.717) is 17.3 Å². The van der Waals surface area contributed by atoms with E-state index in [9.17, 15) is 4.79 Å². The van der Waals surface area contributed by atoms with Gasteiger partial charge in [-0.2, -0.15) is 0 Å². The summed E-state index contributed by atoms with van der Waals surface area (Å²) in [5.41, 5.74) is 0. The van der Waals surface area contributed by atoms with Crippen molar-refractivity contribution < 1.29 is 9.53 Å². The minimum absolute atomic E-state index is 0.00560. The van der Waals surface area contributed by atoms with E-state index in [1.807, 2.05) is 17.8 Å². The molecule has 4 heteroatoms. The second-order valence-electron chi connectivity index (χ2n) is 5.72. The van der Waals surface area contributed by atoms with Gasteiger partial charge >= 0.3 is 5.97 Å². The Bertz CT molecular complexity index is 479. The van der Waals surface area contributed by atoms with E-state index in [1.54, 1.807) is 0 Å². The zero-order chi connectivity index (χ0) is 14.1. The van der Waals surface area contributed by atoms with E-state index in [2.05, 4.69) is 36.2 Å². The van der Waals surface area contributed by atoms with Gasteiger partial charge in [0, 0.05) is 22.2 Å². The highest BCUT2D eigenvalue weighted by Crippen LogP contribution is 2.45. The van der Waals surface area contributed by atoms with Gasteiger partial charge in [-0.3, -0.25) is 9.69 Å². The van der Waals surface area contributed by atoms with Crippen LogP contribution in [0.25, 0.3) is 0 Å². The summed E-state index contributed by atoms with van der Waals surface area (Å²) >= 11 is 1.84. The van der Waals surface area contributed by atoms with Crippen LogP contribution in [-0.4, -0.2) is 42.4 Å². The summed E-state index contributed by atoms with van der Waals surface area (Å²) in [7, 11) is 3.66. The lowest BCUT2D eigenvalue weighted by Crippen LogP contribution is -2.51. The Balaban J connectivity index is 1.82. The molecule has 2 unspecified atom stereocenters. The number of rotatable bonds is 3. The molecule has 3 rings (SSSR count). The fourth-order valence-electron chi connectivity index (χ4n) is 3.66. The second-order valence-corrected chi connectivity index (χ2v) is 7.03. The van der Waals surface area contributed by atoms with Crippen LogP contribution < -0.4 is 0 Å². The molecule has 4 atom stereocenters. The number of hydrogen-bond donors (Lipinski definition) is 0. The lowest BCUT2D eigenvalue weighted by molar-refractivity contribution is -0.148. The van der Waals surface area contributed by atoms with Crippen molar-refractivity contribution in [3.63, 3.8) is 0 Å². The molecule has 1 aromatic carbocycles. The van der Waals surface area contributed by atoms with Crippen LogP contribution in [0.15, 0.2) is 35.2 Å². The molecule has 2 heterocycles. The molecule has 0 saturated carbocycles. The van der Waals surface area contributed by atoms with Crippen molar-refractivity contribution in [3.05, 3.63) is 30.3 Å². The molecule has 2 aliphatic heterocycles. The summed E-state index contributed by atoms with van der Waals surface area (Å²) in [4.78, 5) is 15.9. The summed E-state index contributed by atoms with van der Waals surface area (Å²) in [5.74, 6) is -0.0513. The third kappa shape index (κ3) is 2.47. The van der Waals surface area contributed by atoms with Crippen LogP contribution in [-0.2, 0) is 9.53 Å². The molecule has 0 aliphatic carbocycles. The summed E-state index contributed by atoms with van der Waals surface area (Å²) in [5, 5.41) is 0.332. The largest absolute Gasteiger partial charge is 0.469 e. The van der Waals surface area contributed by atoms with E-state index in [-0.39, 0.29) is 11.9 Å².